The van der Waals surface area contributed by atoms with Crippen molar-refractivity contribution in [2.75, 3.05) is 12.1 Å². The van der Waals surface area contributed by atoms with Crippen LogP contribution in [0.15, 0.2) is 70.4 Å². The standard InChI is InChI=1S/C23H20ClN3O4/c1-14(25-17-8-9-21-22(11-17)31-13-30-21)23(28)27-19(20-3-2-10-29-20)12-18(26-27)15-4-6-16(24)7-5-15/h2-11,14,19,25H,12-13H2,1H3/t14-,19+/m1/s1. The third kappa shape index (κ3) is 3.84. The number of hydrogen-bond acceptors (Lipinski definition) is 6. The molecule has 8 heteroatoms. The second-order valence-electron chi connectivity index (χ2n) is 7.41. The molecule has 0 spiro atoms. The first-order chi connectivity index (χ1) is 15.1. The summed E-state index contributed by atoms with van der Waals surface area (Å²) in [5.74, 6) is 1.88. The molecular weight excluding hydrogens is 418 g/mol. The van der Waals surface area contributed by atoms with Gasteiger partial charge < -0.3 is 19.2 Å². The van der Waals surface area contributed by atoms with Gasteiger partial charge >= 0.3 is 0 Å². The summed E-state index contributed by atoms with van der Waals surface area (Å²) < 4.78 is 16.4. The second kappa shape index (κ2) is 8.00. The van der Waals surface area contributed by atoms with E-state index in [0.717, 1.165) is 17.0 Å². The zero-order valence-corrected chi connectivity index (χ0v) is 17.5. The quantitative estimate of drug-likeness (QED) is 0.618. The van der Waals surface area contributed by atoms with Gasteiger partial charge in [0.15, 0.2) is 11.5 Å². The van der Waals surface area contributed by atoms with Crippen LogP contribution in [0.5, 0.6) is 11.5 Å². The van der Waals surface area contributed by atoms with Gasteiger partial charge in [0.25, 0.3) is 5.91 Å². The Bertz CT molecular complexity index is 1130. The summed E-state index contributed by atoms with van der Waals surface area (Å²) in [4.78, 5) is 13.4. The number of carbonyl (C=O) groups excluding carboxylic acids is 1. The fraction of sp³-hybridized carbons (Fsp3) is 0.217. The number of benzene rings is 2. The van der Waals surface area contributed by atoms with Gasteiger partial charge in [-0.2, -0.15) is 5.10 Å². The highest BCUT2D eigenvalue weighted by Crippen LogP contribution is 2.36. The maximum absolute atomic E-state index is 13.4. The van der Waals surface area contributed by atoms with Crippen LogP contribution in [0, 0.1) is 0 Å². The van der Waals surface area contributed by atoms with Crippen LogP contribution in [-0.2, 0) is 4.79 Å². The molecule has 0 radical (unpaired) electrons. The molecular formula is C23H20ClN3O4. The lowest BCUT2D eigenvalue weighted by molar-refractivity contribution is -0.133. The largest absolute Gasteiger partial charge is 0.467 e. The normalized spacial score (nSPS) is 18.1. The predicted octanol–water partition coefficient (Wildman–Crippen LogP) is 4.84. The van der Waals surface area contributed by atoms with E-state index < -0.39 is 6.04 Å². The molecule has 2 aliphatic heterocycles. The number of carbonyl (C=O) groups is 1. The van der Waals surface area contributed by atoms with Gasteiger partial charge in [0, 0.05) is 23.2 Å². The zero-order chi connectivity index (χ0) is 21.4. The number of fused-ring (bicyclic) bond motifs is 1. The van der Waals surface area contributed by atoms with E-state index in [1.807, 2.05) is 61.5 Å². The molecule has 0 saturated heterocycles. The first-order valence-corrected chi connectivity index (χ1v) is 10.3. The van der Waals surface area contributed by atoms with Crippen molar-refractivity contribution in [3.8, 4) is 11.5 Å². The van der Waals surface area contributed by atoms with Gasteiger partial charge in [0.1, 0.15) is 17.8 Å². The summed E-state index contributed by atoms with van der Waals surface area (Å²) in [5, 5.41) is 10.1. The summed E-state index contributed by atoms with van der Waals surface area (Å²) in [6.07, 6.45) is 2.16. The highest BCUT2D eigenvalue weighted by Gasteiger charge is 2.36. The number of hydrazone groups is 1. The molecule has 1 N–H and O–H groups in total. The summed E-state index contributed by atoms with van der Waals surface area (Å²) in [6.45, 7) is 2.01. The molecule has 7 nitrogen and oxygen atoms in total. The SMILES string of the molecule is C[C@@H](Nc1ccc2c(c1)OCO2)C(=O)N1N=C(c2ccc(Cl)cc2)C[C@H]1c1ccco1. The van der Waals surface area contributed by atoms with Crippen molar-refractivity contribution < 1.29 is 18.7 Å². The molecule has 0 bridgehead atoms. The molecule has 2 aromatic carbocycles. The lowest BCUT2D eigenvalue weighted by Crippen LogP contribution is -2.38. The average Bonchev–Trinajstić information content (AvgIpc) is 3.53. The first-order valence-electron chi connectivity index (χ1n) is 9.94. The molecule has 2 atom stereocenters. The maximum Gasteiger partial charge on any atom is 0.265 e. The summed E-state index contributed by atoms with van der Waals surface area (Å²) in [5.41, 5.74) is 2.50. The monoisotopic (exact) mass is 437 g/mol. The molecule has 1 aromatic heterocycles. The van der Waals surface area contributed by atoms with Crippen LogP contribution in [0.2, 0.25) is 5.02 Å². The van der Waals surface area contributed by atoms with E-state index in [1.165, 1.54) is 5.01 Å². The van der Waals surface area contributed by atoms with E-state index in [9.17, 15) is 4.79 Å². The first kappa shape index (κ1) is 19.5. The fourth-order valence-electron chi connectivity index (χ4n) is 3.73. The highest BCUT2D eigenvalue weighted by molar-refractivity contribution is 6.30. The lowest BCUT2D eigenvalue weighted by Gasteiger charge is -2.24. The number of hydrogen-bond donors (Lipinski definition) is 1. The minimum atomic E-state index is -0.522. The molecule has 158 valence electrons. The van der Waals surface area contributed by atoms with Crippen molar-refractivity contribution in [1.82, 2.24) is 5.01 Å². The molecule has 31 heavy (non-hydrogen) atoms. The Morgan fingerprint density at radius 2 is 1.97 bits per heavy atom. The van der Waals surface area contributed by atoms with Gasteiger partial charge in [-0.3, -0.25) is 4.79 Å². The summed E-state index contributed by atoms with van der Waals surface area (Å²) >= 11 is 6.02. The topological polar surface area (TPSA) is 76.3 Å². The van der Waals surface area contributed by atoms with Crippen molar-refractivity contribution in [2.45, 2.75) is 25.4 Å². The Morgan fingerprint density at radius 3 is 2.74 bits per heavy atom. The van der Waals surface area contributed by atoms with Crippen LogP contribution in [0.3, 0.4) is 0 Å². The van der Waals surface area contributed by atoms with Crippen LogP contribution < -0.4 is 14.8 Å². The second-order valence-corrected chi connectivity index (χ2v) is 7.84. The van der Waals surface area contributed by atoms with Gasteiger partial charge in [0.2, 0.25) is 6.79 Å². The number of furan rings is 1. The van der Waals surface area contributed by atoms with Crippen molar-refractivity contribution in [3.63, 3.8) is 0 Å². The molecule has 5 rings (SSSR count). The fourth-order valence-corrected chi connectivity index (χ4v) is 3.86. The zero-order valence-electron chi connectivity index (χ0n) is 16.7. The molecule has 3 aromatic rings. The van der Waals surface area contributed by atoms with Gasteiger partial charge in [-0.25, -0.2) is 5.01 Å². The number of halogens is 1. The van der Waals surface area contributed by atoms with E-state index in [2.05, 4.69) is 10.4 Å². The number of nitrogens with one attached hydrogen (secondary N) is 1. The van der Waals surface area contributed by atoms with Crippen LogP contribution in [0.1, 0.15) is 30.7 Å². The third-order valence-corrected chi connectivity index (χ3v) is 5.56. The molecule has 0 fully saturated rings. The van der Waals surface area contributed by atoms with Crippen LogP contribution in [-0.4, -0.2) is 29.5 Å². The maximum atomic E-state index is 13.4. The van der Waals surface area contributed by atoms with Gasteiger partial charge in [-0.1, -0.05) is 23.7 Å². The number of anilines is 1. The van der Waals surface area contributed by atoms with Gasteiger partial charge in [0.05, 0.1) is 12.0 Å². The van der Waals surface area contributed by atoms with Crippen LogP contribution in [0.25, 0.3) is 0 Å². The molecule has 3 heterocycles. The summed E-state index contributed by atoms with van der Waals surface area (Å²) in [6, 6.07) is 15.8. The Hall–Kier alpha value is -3.45. The minimum Gasteiger partial charge on any atom is -0.467 e. The van der Waals surface area contributed by atoms with Crippen LogP contribution in [0.4, 0.5) is 5.69 Å². The van der Waals surface area contributed by atoms with Crippen molar-refractivity contribution >= 4 is 28.9 Å². The number of ether oxygens (including phenoxy) is 2. The lowest BCUT2D eigenvalue weighted by atomic mass is 10.0. The molecule has 1 amide bonds. The van der Waals surface area contributed by atoms with E-state index in [4.69, 9.17) is 25.5 Å². The highest BCUT2D eigenvalue weighted by atomic mass is 35.5. The molecule has 2 aliphatic rings. The van der Waals surface area contributed by atoms with Crippen molar-refractivity contribution in [2.24, 2.45) is 5.10 Å². The predicted molar refractivity (Wildman–Crippen MR) is 117 cm³/mol. The van der Waals surface area contributed by atoms with Crippen LogP contribution >= 0.6 is 11.6 Å². The molecule has 0 saturated carbocycles. The van der Waals surface area contributed by atoms with E-state index in [-0.39, 0.29) is 18.7 Å². The number of amides is 1. The van der Waals surface area contributed by atoms with E-state index >= 15 is 0 Å². The average molecular weight is 438 g/mol. The molecule has 0 aliphatic carbocycles. The Kier molecular flexibility index (Phi) is 5.03. The van der Waals surface area contributed by atoms with E-state index in [0.29, 0.717) is 28.7 Å². The van der Waals surface area contributed by atoms with Crippen molar-refractivity contribution in [3.05, 3.63) is 77.2 Å². The van der Waals surface area contributed by atoms with E-state index in [1.54, 1.807) is 6.26 Å². The Labute approximate surface area is 184 Å². The van der Waals surface area contributed by atoms with Crippen molar-refractivity contribution in [1.29, 1.82) is 0 Å². The number of nitrogens with zero attached hydrogens (tertiary/aromatic N) is 2. The van der Waals surface area contributed by atoms with Gasteiger partial charge in [-0.05, 0) is 48.9 Å². The number of rotatable bonds is 5. The smallest absolute Gasteiger partial charge is 0.265 e. The molecule has 0 unspecified atom stereocenters. The van der Waals surface area contributed by atoms with Gasteiger partial charge in [-0.15, -0.1) is 0 Å². The third-order valence-electron chi connectivity index (χ3n) is 5.31. The Morgan fingerprint density at radius 1 is 1.16 bits per heavy atom. The summed E-state index contributed by atoms with van der Waals surface area (Å²) in [7, 11) is 0. The Balaban J connectivity index is 1.39. The minimum absolute atomic E-state index is 0.164.